The van der Waals surface area contributed by atoms with E-state index in [-0.39, 0.29) is 5.91 Å². The summed E-state index contributed by atoms with van der Waals surface area (Å²) in [6.45, 7) is 2.45. The van der Waals surface area contributed by atoms with Crippen molar-refractivity contribution in [2.24, 2.45) is 5.84 Å². The summed E-state index contributed by atoms with van der Waals surface area (Å²) in [7, 11) is 0. The van der Waals surface area contributed by atoms with Gasteiger partial charge in [-0.1, -0.05) is 0 Å². The van der Waals surface area contributed by atoms with Gasteiger partial charge in [0.2, 0.25) is 0 Å². The molecule has 0 unspecified atom stereocenters. The summed E-state index contributed by atoms with van der Waals surface area (Å²) >= 11 is 0. The van der Waals surface area contributed by atoms with Crippen LogP contribution in [0.1, 0.15) is 21.7 Å². The number of aryl methyl sites for hydroxylation is 1. The molecule has 3 N–H and O–H groups in total. The van der Waals surface area contributed by atoms with Crippen LogP contribution in [0.25, 0.3) is 0 Å². The third-order valence-corrected chi connectivity index (χ3v) is 2.13. The van der Waals surface area contributed by atoms with Crippen LogP contribution in [0.15, 0.2) is 29.1 Å². The van der Waals surface area contributed by atoms with E-state index in [1.54, 1.807) is 16.9 Å². The molecule has 0 spiro atoms. The van der Waals surface area contributed by atoms with E-state index in [1.165, 1.54) is 6.26 Å². The lowest BCUT2D eigenvalue weighted by Gasteiger charge is -1.95. The number of nitrogens with one attached hydrogen (secondary N) is 1. The molecule has 16 heavy (non-hydrogen) atoms. The van der Waals surface area contributed by atoms with E-state index in [4.69, 9.17) is 10.3 Å². The van der Waals surface area contributed by atoms with Crippen LogP contribution in [0.5, 0.6) is 0 Å². The summed E-state index contributed by atoms with van der Waals surface area (Å²) in [5.74, 6) is 5.30. The largest absolute Gasteiger partial charge is 0.467 e. The zero-order valence-electron chi connectivity index (χ0n) is 8.80. The Morgan fingerprint density at radius 3 is 3.12 bits per heavy atom. The molecular formula is C10H12N4O2. The highest BCUT2D eigenvalue weighted by molar-refractivity contribution is 5.93. The first-order valence-corrected chi connectivity index (χ1v) is 4.76. The highest BCUT2D eigenvalue weighted by Gasteiger charge is 2.09. The van der Waals surface area contributed by atoms with Gasteiger partial charge in [-0.25, -0.2) is 5.84 Å². The number of carbonyl (C=O) groups is 1. The van der Waals surface area contributed by atoms with Gasteiger partial charge in [-0.15, -0.1) is 0 Å². The second-order valence-electron chi connectivity index (χ2n) is 3.49. The molecule has 0 saturated heterocycles. The Bertz CT molecular complexity index is 500. The molecule has 2 heterocycles. The fourth-order valence-electron chi connectivity index (χ4n) is 1.38. The van der Waals surface area contributed by atoms with Crippen LogP contribution < -0.4 is 11.3 Å². The fraction of sp³-hybridized carbons (Fsp3) is 0.200. The average Bonchev–Trinajstić information content (AvgIpc) is 2.87. The van der Waals surface area contributed by atoms with Crippen molar-refractivity contribution < 1.29 is 9.21 Å². The number of furan rings is 1. The number of hydrazine groups is 1. The molecule has 0 saturated carbocycles. The molecule has 84 valence electrons. The predicted molar refractivity (Wildman–Crippen MR) is 56.4 cm³/mol. The second kappa shape index (κ2) is 4.19. The van der Waals surface area contributed by atoms with Gasteiger partial charge in [-0.3, -0.25) is 14.9 Å². The number of hydrogen-bond donors (Lipinski definition) is 2. The van der Waals surface area contributed by atoms with Gasteiger partial charge in [0.1, 0.15) is 12.0 Å². The standard InChI is InChI=1S/C10H12N4O2/c1-7-3-12-14(4-7)5-9-2-8(6-16-9)10(15)13-11/h2-4,6H,5,11H2,1H3,(H,13,15). The Balaban J connectivity index is 2.11. The van der Waals surface area contributed by atoms with Crippen LogP contribution in [-0.4, -0.2) is 15.7 Å². The lowest BCUT2D eigenvalue weighted by molar-refractivity contribution is 0.0953. The molecule has 6 heteroatoms. The summed E-state index contributed by atoms with van der Waals surface area (Å²) in [4.78, 5) is 11.2. The number of nitrogens with two attached hydrogens (primary N) is 1. The van der Waals surface area contributed by atoms with Gasteiger partial charge in [0.05, 0.1) is 18.3 Å². The van der Waals surface area contributed by atoms with Gasteiger partial charge in [0.15, 0.2) is 0 Å². The minimum Gasteiger partial charge on any atom is -0.467 e. The van der Waals surface area contributed by atoms with Crippen LogP contribution >= 0.6 is 0 Å². The number of nitrogen functional groups attached to an aromatic ring is 1. The van der Waals surface area contributed by atoms with E-state index >= 15 is 0 Å². The number of aromatic nitrogens is 2. The molecule has 0 aliphatic heterocycles. The lowest BCUT2D eigenvalue weighted by atomic mass is 10.3. The van der Waals surface area contributed by atoms with E-state index < -0.39 is 0 Å². The van der Waals surface area contributed by atoms with Gasteiger partial charge < -0.3 is 4.42 Å². The van der Waals surface area contributed by atoms with Gasteiger partial charge in [-0.05, 0) is 18.6 Å². The molecule has 0 bridgehead atoms. The van der Waals surface area contributed by atoms with E-state index in [2.05, 4.69) is 5.10 Å². The molecule has 6 nitrogen and oxygen atoms in total. The minimum absolute atomic E-state index is 0.369. The second-order valence-corrected chi connectivity index (χ2v) is 3.49. The Labute approximate surface area is 92.0 Å². The van der Waals surface area contributed by atoms with E-state index in [0.29, 0.717) is 17.9 Å². The summed E-state index contributed by atoms with van der Waals surface area (Å²) in [5, 5.41) is 4.12. The predicted octanol–water partition coefficient (Wildman–Crippen LogP) is 0.436. The van der Waals surface area contributed by atoms with Crippen molar-refractivity contribution in [3.63, 3.8) is 0 Å². The third-order valence-electron chi connectivity index (χ3n) is 2.13. The van der Waals surface area contributed by atoms with Crippen molar-refractivity contribution in [3.8, 4) is 0 Å². The Hall–Kier alpha value is -2.08. The van der Waals surface area contributed by atoms with Crippen LogP contribution in [0.2, 0.25) is 0 Å². The highest BCUT2D eigenvalue weighted by atomic mass is 16.3. The molecule has 2 aromatic heterocycles. The van der Waals surface area contributed by atoms with Gasteiger partial charge in [0.25, 0.3) is 5.91 Å². The Morgan fingerprint density at radius 1 is 1.69 bits per heavy atom. The summed E-state index contributed by atoms with van der Waals surface area (Å²) in [6, 6.07) is 1.64. The van der Waals surface area contributed by atoms with Crippen LogP contribution in [-0.2, 0) is 6.54 Å². The molecule has 1 amide bonds. The van der Waals surface area contributed by atoms with Crippen molar-refractivity contribution in [2.45, 2.75) is 13.5 Å². The van der Waals surface area contributed by atoms with Gasteiger partial charge >= 0.3 is 0 Å². The molecule has 2 aromatic rings. The number of nitrogens with zero attached hydrogens (tertiary/aromatic N) is 2. The quantitative estimate of drug-likeness (QED) is 0.446. The molecule has 2 rings (SSSR count). The van der Waals surface area contributed by atoms with Crippen molar-refractivity contribution >= 4 is 5.91 Å². The van der Waals surface area contributed by atoms with Crippen LogP contribution in [0, 0.1) is 6.92 Å². The lowest BCUT2D eigenvalue weighted by Crippen LogP contribution is -2.29. The molecule has 0 radical (unpaired) electrons. The third kappa shape index (κ3) is 2.12. The van der Waals surface area contributed by atoms with Crippen LogP contribution in [0.4, 0.5) is 0 Å². The zero-order valence-corrected chi connectivity index (χ0v) is 8.80. The van der Waals surface area contributed by atoms with E-state index in [0.717, 1.165) is 5.56 Å². The topological polar surface area (TPSA) is 86.1 Å². The maximum Gasteiger partial charge on any atom is 0.268 e. The first-order chi connectivity index (χ1) is 7.69. The van der Waals surface area contributed by atoms with Gasteiger partial charge in [-0.2, -0.15) is 5.10 Å². The smallest absolute Gasteiger partial charge is 0.268 e. The molecule has 0 aliphatic carbocycles. The SMILES string of the molecule is Cc1cnn(Cc2cc(C(=O)NN)co2)c1. The minimum atomic E-state index is -0.369. The normalized spacial score (nSPS) is 10.4. The van der Waals surface area contributed by atoms with Crippen molar-refractivity contribution in [1.82, 2.24) is 15.2 Å². The van der Waals surface area contributed by atoms with Crippen LogP contribution in [0.3, 0.4) is 0 Å². The summed E-state index contributed by atoms with van der Waals surface area (Å²) < 4.78 is 6.96. The Kier molecular flexibility index (Phi) is 2.74. The fourth-order valence-corrected chi connectivity index (χ4v) is 1.38. The number of hydrogen-bond acceptors (Lipinski definition) is 4. The maximum absolute atomic E-state index is 11.2. The van der Waals surface area contributed by atoms with Gasteiger partial charge in [0, 0.05) is 6.20 Å². The number of amides is 1. The van der Waals surface area contributed by atoms with Crippen molar-refractivity contribution in [2.75, 3.05) is 0 Å². The molecule has 0 aliphatic rings. The van der Waals surface area contributed by atoms with E-state index in [9.17, 15) is 4.79 Å². The van der Waals surface area contributed by atoms with Crippen molar-refractivity contribution in [3.05, 3.63) is 41.6 Å². The molecule has 0 fully saturated rings. The Morgan fingerprint density at radius 2 is 2.50 bits per heavy atom. The summed E-state index contributed by atoms with van der Waals surface area (Å²) in [5.41, 5.74) is 3.52. The molecule has 0 aromatic carbocycles. The average molecular weight is 220 g/mol. The highest BCUT2D eigenvalue weighted by Crippen LogP contribution is 2.09. The maximum atomic E-state index is 11.2. The number of rotatable bonds is 3. The molecule has 0 atom stereocenters. The zero-order chi connectivity index (χ0) is 11.5. The number of carbonyl (C=O) groups excluding carboxylic acids is 1. The monoisotopic (exact) mass is 220 g/mol. The first-order valence-electron chi connectivity index (χ1n) is 4.76. The first kappa shape index (κ1) is 10.4. The van der Waals surface area contributed by atoms with Crippen molar-refractivity contribution in [1.29, 1.82) is 0 Å². The van der Waals surface area contributed by atoms with E-state index in [1.807, 2.05) is 18.5 Å². The summed E-state index contributed by atoms with van der Waals surface area (Å²) in [6.07, 6.45) is 5.02. The molecular weight excluding hydrogens is 208 g/mol.